The predicted octanol–water partition coefficient (Wildman–Crippen LogP) is 3.06. The van der Waals surface area contributed by atoms with E-state index in [1.54, 1.807) is 4.68 Å². The fraction of sp³-hybridized carbons (Fsp3) is 0.524. The highest BCUT2D eigenvalue weighted by atomic mass is 32.2. The van der Waals surface area contributed by atoms with Gasteiger partial charge >= 0.3 is 6.03 Å². The summed E-state index contributed by atoms with van der Waals surface area (Å²) in [6, 6.07) is -0.536. The summed E-state index contributed by atoms with van der Waals surface area (Å²) in [4.78, 5) is 15.0. The van der Waals surface area contributed by atoms with Crippen LogP contribution in [0, 0.1) is 5.82 Å². The first kappa shape index (κ1) is 20.4. The van der Waals surface area contributed by atoms with Crippen LogP contribution in [0.15, 0.2) is 15.5 Å². The number of nitrogens with one attached hydrogen (secondary N) is 1. The molecule has 2 aliphatic carbocycles. The Hall–Kier alpha value is -2.46. The molecular weight excluding hydrogens is 421 g/mol. The fourth-order valence-corrected chi connectivity index (χ4v) is 5.53. The van der Waals surface area contributed by atoms with Crippen molar-refractivity contribution in [2.24, 2.45) is 4.36 Å². The summed E-state index contributed by atoms with van der Waals surface area (Å²) in [6.07, 6.45) is 6.02. The standard InChI is InChI=1S/C21H25FN5O3S/c1-26(2)12-10-27-20(30-11-12)17(9-23-27)31(29)25-21(28)24-19-15-7-3-5-13(15)18(22)14-6-4-8-16(14)19/h9,12H,3-8,10-11H2,1-2H3,(H,24,28)/q-1. The van der Waals surface area contributed by atoms with Crippen LogP contribution in [0.2, 0.25) is 0 Å². The quantitative estimate of drug-likeness (QED) is 0.732. The van der Waals surface area contributed by atoms with E-state index >= 15 is 0 Å². The molecule has 166 valence electrons. The summed E-state index contributed by atoms with van der Waals surface area (Å²) in [7, 11) is 1.97. The third kappa shape index (κ3) is 3.51. The largest absolute Gasteiger partial charge is 0.477 e. The average molecular weight is 447 g/mol. The molecule has 1 unspecified atom stereocenters. The Kier molecular flexibility index (Phi) is 5.21. The second-order valence-corrected chi connectivity index (χ2v) is 9.63. The van der Waals surface area contributed by atoms with Crippen LogP contribution in [0.4, 0.5) is 14.9 Å². The van der Waals surface area contributed by atoms with Gasteiger partial charge in [-0.05, 0) is 79.8 Å². The zero-order valence-corrected chi connectivity index (χ0v) is 18.4. The molecule has 5 rings (SSSR count). The number of urea groups is 1. The van der Waals surface area contributed by atoms with Gasteiger partial charge in [0.15, 0.2) is 5.88 Å². The number of carbonyl (C=O) groups is 1. The number of fused-ring (bicyclic) bond motifs is 3. The van der Waals surface area contributed by atoms with Gasteiger partial charge in [-0.2, -0.15) is 5.10 Å². The van der Waals surface area contributed by atoms with Crippen molar-refractivity contribution in [3.05, 3.63) is 34.3 Å². The molecule has 0 fully saturated rings. The first-order valence-corrected chi connectivity index (χ1v) is 11.7. The molecule has 8 nitrogen and oxygen atoms in total. The number of hydrogen-bond donors (Lipinski definition) is 1. The highest BCUT2D eigenvalue weighted by Gasteiger charge is 2.29. The van der Waals surface area contributed by atoms with Gasteiger partial charge in [-0.15, -0.1) is 10.6 Å². The van der Waals surface area contributed by atoms with E-state index in [1.807, 2.05) is 19.0 Å². The average Bonchev–Trinajstić information content (AvgIpc) is 3.49. The Morgan fingerprint density at radius 3 is 2.52 bits per heavy atom. The maximum atomic E-state index is 14.8. The number of hydrogen-bond acceptors (Lipinski definition) is 6. The minimum atomic E-state index is -1.95. The van der Waals surface area contributed by atoms with E-state index in [0.717, 1.165) is 36.8 Å². The molecule has 1 aromatic heterocycles. The van der Waals surface area contributed by atoms with Crippen molar-refractivity contribution in [2.45, 2.75) is 56.0 Å². The topological polar surface area (TPSA) is 88.8 Å². The predicted molar refractivity (Wildman–Crippen MR) is 113 cm³/mol. The molecule has 10 heteroatoms. The molecule has 1 atom stereocenters. The number of halogens is 1. The molecule has 31 heavy (non-hydrogen) atoms. The van der Waals surface area contributed by atoms with Gasteiger partial charge in [-0.3, -0.25) is 0 Å². The van der Waals surface area contributed by atoms with Crippen LogP contribution in [0.1, 0.15) is 35.1 Å². The molecule has 1 aliphatic heterocycles. The summed E-state index contributed by atoms with van der Waals surface area (Å²) in [5.41, 5.74) is 3.84. The molecule has 0 spiro atoms. The molecule has 0 saturated carbocycles. The third-order valence-electron chi connectivity index (χ3n) is 6.44. The van der Waals surface area contributed by atoms with Crippen LogP contribution < -0.4 is 10.1 Å². The van der Waals surface area contributed by atoms with Gasteiger partial charge in [0.05, 0.1) is 12.6 Å². The Morgan fingerprint density at radius 1 is 1.23 bits per heavy atom. The number of benzene rings is 1. The zero-order valence-electron chi connectivity index (χ0n) is 17.6. The Labute approximate surface area is 182 Å². The van der Waals surface area contributed by atoms with Gasteiger partial charge in [-0.1, -0.05) is 0 Å². The molecule has 3 aliphatic rings. The number of anilines is 1. The minimum absolute atomic E-state index is 0.0989. The van der Waals surface area contributed by atoms with Gasteiger partial charge in [-0.25, -0.2) is 13.9 Å². The monoisotopic (exact) mass is 446 g/mol. The minimum Gasteiger partial charge on any atom is -0.477 e. The van der Waals surface area contributed by atoms with Gasteiger partial charge in [0, 0.05) is 11.9 Å². The van der Waals surface area contributed by atoms with Gasteiger partial charge in [0.1, 0.15) is 12.4 Å². The van der Waals surface area contributed by atoms with Crippen molar-refractivity contribution in [3.63, 3.8) is 0 Å². The number of carbonyl (C=O) groups excluding carboxylic acids is 1. The molecule has 1 N–H and O–H groups in total. The smallest absolute Gasteiger partial charge is 0.322 e. The van der Waals surface area contributed by atoms with Crippen LogP contribution >= 0.6 is 0 Å². The lowest BCUT2D eigenvalue weighted by atomic mass is 9.98. The lowest BCUT2D eigenvalue weighted by Gasteiger charge is -2.29. The fourth-order valence-electron chi connectivity index (χ4n) is 4.79. The number of nitrogens with zero attached hydrogens (tertiary/aromatic N) is 4. The molecule has 1 aromatic carbocycles. The van der Waals surface area contributed by atoms with Crippen molar-refractivity contribution in [1.29, 1.82) is 0 Å². The van der Waals surface area contributed by atoms with Crippen molar-refractivity contribution in [2.75, 3.05) is 26.0 Å². The molecule has 0 bridgehead atoms. The van der Waals surface area contributed by atoms with Crippen molar-refractivity contribution in [1.82, 2.24) is 14.7 Å². The van der Waals surface area contributed by atoms with Crippen LogP contribution in [0.5, 0.6) is 5.88 Å². The van der Waals surface area contributed by atoms with E-state index < -0.39 is 16.6 Å². The highest BCUT2D eigenvalue weighted by Crippen LogP contribution is 2.41. The van der Waals surface area contributed by atoms with E-state index in [2.05, 4.69) is 14.8 Å². The Morgan fingerprint density at radius 2 is 1.87 bits per heavy atom. The lowest BCUT2D eigenvalue weighted by Crippen LogP contribution is -2.41. The molecule has 2 aromatic rings. The maximum absolute atomic E-state index is 14.8. The van der Waals surface area contributed by atoms with Crippen LogP contribution in [0.25, 0.3) is 0 Å². The maximum Gasteiger partial charge on any atom is 0.322 e. The molecule has 2 amide bonds. The number of rotatable bonds is 3. The summed E-state index contributed by atoms with van der Waals surface area (Å²) < 4.78 is 38.8. The van der Waals surface area contributed by atoms with E-state index in [4.69, 9.17) is 4.74 Å². The first-order valence-electron chi connectivity index (χ1n) is 10.6. The first-order chi connectivity index (χ1) is 14.9. The van der Waals surface area contributed by atoms with E-state index in [1.165, 1.54) is 6.20 Å². The van der Waals surface area contributed by atoms with E-state index in [9.17, 15) is 13.4 Å². The van der Waals surface area contributed by atoms with Crippen LogP contribution in [-0.4, -0.2) is 47.5 Å². The van der Waals surface area contributed by atoms with E-state index in [0.29, 0.717) is 48.7 Å². The summed E-state index contributed by atoms with van der Waals surface area (Å²) in [5.74, 6) is 0.287. The summed E-state index contributed by atoms with van der Waals surface area (Å²) >= 11 is 0. The van der Waals surface area contributed by atoms with Crippen LogP contribution in [0.3, 0.4) is 0 Å². The Bertz CT molecular complexity index is 1120. The van der Waals surface area contributed by atoms with E-state index in [-0.39, 0.29) is 16.8 Å². The number of amides is 2. The lowest BCUT2D eigenvalue weighted by molar-refractivity contribution is 0.117. The van der Waals surface area contributed by atoms with Gasteiger partial charge < -0.3 is 23.5 Å². The highest BCUT2D eigenvalue weighted by molar-refractivity contribution is 7.75. The second kappa shape index (κ2) is 7.90. The SMILES string of the molecule is CN(C)C1COc2c([S-](=O)=NC(=O)Nc3c4c(c(F)c5c3CCC5)CCC4)cnn2C1. The summed E-state index contributed by atoms with van der Waals surface area (Å²) in [6.45, 7) is 1.06. The normalized spacial score (nSPS) is 20.3. The molecular formula is C21H25FN5O3S-. The van der Waals surface area contributed by atoms with Gasteiger partial charge in [0.2, 0.25) is 0 Å². The molecule has 0 saturated heterocycles. The third-order valence-corrected chi connectivity index (χ3v) is 7.43. The number of ether oxygens (including phenoxy) is 1. The molecule has 2 heterocycles. The van der Waals surface area contributed by atoms with Crippen molar-refractivity contribution >= 4 is 22.3 Å². The number of aromatic nitrogens is 2. The van der Waals surface area contributed by atoms with Crippen molar-refractivity contribution < 1.29 is 18.1 Å². The zero-order chi connectivity index (χ0) is 21.7. The Balaban J connectivity index is 1.41. The second-order valence-electron chi connectivity index (χ2n) is 8.51. The number of likely N-dealkylation sites (N-methyl/N-ethyl adjacent to an activating group) is 1. The van der Waals surface area contributed by atoms with Crippen molar-refractivity contribution in [3.8, 4) is 5.88 Å². The summed E-state index contributed by atoms with van der Waals surface area (Å²) in [5, 5.41) is 7.07. The van der Waals surface area contributed by atoms with Crippen LogP contribution in [-0.2, 0) is 47.0 Å². The van der Waals surface area contributed by atoms with Gasteiger partial charge in [0.25, 0.3) is 0 Å². The molecule has 0 radical (unpaired) electrons.